The van der Waals surface area contributed by atoms with Crippen LogP contribution < -0.4 is 5.73 Å². The van der Waals surface area contributed by atoms with Crippen LogP contribution in [0.1, 0.15) is 52.4 Å². The van der Waals surface area contributed by atoms with Crippen LogP contribution in [0.3, 0.4) is 0 Å². The molecule has 4 nitrogen and oxygen atoms in total. The number of aliphatic carboxylic acids is 1. The van der Waals surface area contributed by atoms with E-state index in [1.165, 1.54) is 0 Å². The lowest BCUT2D eigenvalue weighted by molar-refractivity contribution is -0.138. The van der Waals surface area contributed by atoms with Crippen LogP contribution in [0.25, 0.3) is 0 Å². The number of nitrogens with two attached hydrogens (primary N) is 1. The molecular formula is C13H23NO3. The predicted octanol–water partition coefficient (Wildman–Crippen LogP) is 2.27. The number of carbonyl (C=O) groups excluding carboxylic acids is 1. The maximum absolute atomic E-state index is 11.0. The molecule has 0 aromatic rings. The molecule has 4 heteroatoms. The van der Waals surface area contributed by atoms with Crippen molar-refractivity contribution in [1.82, 2.24) is 0 Å². The summed E-state index contributed by atoms with van der Waals surface area (Å²) in [5.41, 5.74) is 6.56. The minimum absolute atomic E-state index is 0.173. The molecule has 0 fully saturated rings. The van der Waals surface area contributed by atoms with Gasteiger partial charge in [-0.05, 0) is 32.6 Å². The molecule has 0 radical (unpaired) electrons. The van der Waals surface area contributed by atoms with Gasteiger partial charge in [-0.2, -0.15) is 0 Å². The van der Waals surface area contributed by atoms with Gasteiger partial charge in [0.05, 0.1) is 0 Å². The molecule has 0 aromatic carbocycles. The Morgan fingerprint density at radius 2 is 2.00 bits per heavy atom. The van der Waals surface area contributed by atoms with Crippen LogP contribution in [0.4, 0.5) is 0 Å². The highest BCUT2D eigenvalue weighted by Crippen LogP contribution is 2.14. The summed E-state index contributed by atoms with van der Waals surface area (Å²) in [7, 11) is 0. The summed E-state index contributed by atoms with van der Waals surface area (Å²) >= 11 is 0. The summed E-state index contributed by atoms with van der Waals surface area (Å²) < 4.78 is 0. The van der Waals surface area contributed by atoms with Gasteiger partial charge < -0.3 is 10.8 Å². The van der Waals surface area contributed by atoms with E-state index in [4.69, 9.17) is 10.8 Å². The second-order valence-electron chi connectivity index (χ2n) is 4.34. The molecule has 0 aliphatic heterocycles. The van der Waals surface area contributed by atoms with Crippen molar-refractivity contribution in [1.29, 1.82) is 0 Å². The van der Waals surface area contributed by atoms with Crippen molar-refractivity contribution < 1.29 is 14.7 Å². The number of Topliss-reactive ketones (excluding diaryl/α,β-unsaturated/α-hetero) is 1. The van der Waals surface area contributed by atoms with Crippen molar-refractivity contribution >= 4 is 11.8 Å². The van der Waals surface area contributed by atoms with Gasteiger partial charge in [-0.25, -0.2) is 0 Å². The first kappa shape index (κ1) is 15.8. The highest BCUT2D eigenvalue weighted by Gasteiger charge is 2.10. The smallest absolute Gasteiger partial charge is 0.320 e. The zero-order valence-electron chi connectivity index (χ0n) is 10.7. The van der Waals surface area contributed by atoms with Crippen LogP contribution in [0.2, 0.25) is 0 Å². The van der Waals surface area contributed by atoms with Gasteiger partial charge >= 0.3 is 5.97 Å². The normalized spacial score (nSPS) is 13.5. The second-order valence-corrected chi connectivity index (χ2v) is 4.34. The lowest BCUT2D eigenvalue weighted by Crippen LogP contribution is -2.29. The number of ketones is 1. The van der Waals surface area contributed by atoms with Crippen molar-refractivity contribution in [3.8, 4) is 0 Å². The number of carboxylic acids is 1. The lowest BCUT2D eigenvalue weighted by Gasteiger charge is -2.07. The fraction of sp³-hybridized carbons (Fsp3) is 0.692. The molecular weight excluding hydrogens is 218 g/mol. The van der Waals surface area contributed by atoms with Crippen LogP contribution in [-0.2, 0) is 9.59 Å². The van der Waals surface area contributed by atoms with Crippen molar-refractivity contribution in [3.63, 3.8) is 0 Å². The number of allylic oxidation sites excluding steroid dienone is 2. The Balaban J connectivity index is 3.87. The van der Waals surface area contributed by atoms with Crippen molar-refractivity contribution in [2.24, 2.45) is 5.73 Å². The van der Waals surface area contributed by atoms with Gasteiger partial charge in [0.1, 0.15) is 11.8 Å². The maximum Gasteiger partial charge on any atom is 0.320 e. The molecule has 0 spiro atoms. The molecule has 0 saturated heterocycles. The lowest BCUT2D eigenvalue weighted by atomic mass is 10.0. The number of unbranched alkanes of at least 4 members (excludes halogenated alkanes) is 1. The third-order valence-electron chi connectivity index (χ3n) is 2.55. The molecule has 0 aromatic heterocycles. The van der Waals surface area contributed by atoms with Gasteiger partial charge in [0.25, 0.3) is 0 Å². The van der Waals surface area contributed by atoms with E-state index in [1.54, 1.807) is 6.92 Å². The monoisotopic (exact) mass is 241 g/mol. The largest absolute Gasteiger partial charge is 0.480 e. The SMILES string of the molecule is CC/C=C(/CCCCC(N)C(=O)O)CC(C)=O. The van der Waals surface area contributed by atoms with E-state index in [1.807, 2.05) is 6.92 Å². The van der Waals surface area contributed by atoms with Crippen LogP contribution in [0.15, 0.2) is 11.6 Å². The zero-order chi connectivity index (χ0) is 13.3. The van der Waals surface area contributed by atoms with E-state index in [9.17, 15) is 9.59 Å². The van der Waals surface area contributed by atoms with E-state index >= 15 is 0 Å². The summed E-state index contributed by atoms with van der Waals surface area (Å²) in [6, 6.07) is -0.763. The van der Waals surface area contributed by atoms with Gasteiger partial charge in [-0.15, -0.1) is 0 Å². The molecule has 0 bridgehead atoms. The van der Waals surface area contributed by atoms with E-state index in [0.717, 1.165) is 31.3 Å². The molecule has 0 aliphatic rings. The molecule has 0 heterocycles. The van der Waals surface area contributed by atoms with Gasteiger partial charge in [0.2, 0.25) is 0 Å². The van der Waals surface area contributed by atoms with Crippen molar-refractivity contribution in [2.75, 3.05) is 0 Å². The maximum atomic E-state index is 11.0. The van der Waals surface area contributed by atoms with E-state index in [2.05, 4.69) is 6.08 Å². The molecule has 98 valence electrons. The van der Waals surface area contributed by atoms with Crippen molar-refractivity contribution in [2.45, 2.75) is 58.4 Å². The summed E-state index contributed by atoms with van der Waals surface area (Å²) in [5, 5.41) is 8.61. The standard InChI is InChI=1S/C13H23NO3/c1-3-6-11(9-10(2)15)7-4-5-8-12(14)13(16)17/h6,12H,3-5,7-9,14H2,1-2H3,(H,16,17)/b11-6-. The first-order valence-electron chi connectivity index (χ1n) is 6.13. The van der Waals surface area contributed by atoms with Crippen molar-refractivity contribution in [3.05, 3.63) is 11.6 Å². The molecule has 0 rings (SSSR count). The Hall–Kier alpha value is -1.16. The molecule has 17 heavy (non-hydrogen) atoms. The van der Waals surface area contributed by atoms with Crippen LogP contribution in [0, 0.1) is 0 Å². The first-order valence-corrected chi connectivity index (χ1v) is 6.13. The average Bonchev–Trinajstić information content (AvgIpc) is 2.23. The quantitative estimate of drug-likeness (QED) is 0.479. The Labute approximate surface area is 103 Å². The number of carboxylic acid groups (broad SMARTS) is 1. The second kappa shape index (κ2) is 8.93. The molecule has 0 amide bonds. The summed E-state index contributed by atoms with van der Waals surface area (Å²) in [6.45, 7) is 3.63. The topological polar surface area (TPSA) is 80.4 Å². The third kappa shape index (κ3) is 8.63. The Kier molecular flexibility index (Phi) is 8.32. The summed E-state index contributed by atoms with van der Waals surface area (Å²) in [4.78, 5) is 21.5. The highest BCUT2D eigenvalue weighted by molar-refractivity contribution is 5.78. The number of rotatable bonds is 9. The Morgan fingerprint density at radius 3 is 2.47 bits per heavy atom. The molecule has 0 saturated carbocycles. The number of hydrogen-bond donors (Lipinski definition) is 2. The van der Waals surface area contributed by atoms with Crippen LogP contribution >= 0.6 is 0 Å². The van der Waals surface area contributed by atoms with Crippen LogP contribution in [-0.4, -0.2) is 22.9 Å². The Morgan fingerprint density at radius 1 is 1.35 bits per heavy atom. The molecule has 1 unspecified atom stereocenters. The summed E-state index contributed by atoms with van der Waals surface area (Å²) in [5.74, 6) is -0.773. The minimum atomic E-state index is -0.946. The van der Waals surface area contributed by atoms with Crippen LogP contribution in [0.5, 0.6) is 0 Å². The predicted molar refractivity (Wildman–Crippen MR) is 67.8 cm³/mol. The van der Waals surface area contributed by atoms with E-state index < -0.39 is 12.0 Å². The van der Waals surface area contributed by atoms with E-state index in [0.29, 0.717) is 12.8 Å². The van der Waals surface area contributed by atoms with E-state index in [-0.39, 0.29) is 5.78 Å². The Bertz CT molecular complexity index is 284. The highest BCUT2D eigenvalue weighted by atomic mass is 16.4. The summed E-state index contributed by atoms with van der Waals surface area (Å²) in [6.07, 6.45) is 6.55. The fourth-order valence-corrected chi connectivity index (χ4v) is 1.71. The third-order valence-corrected chi connectivity index (χ3v) is 2.55. The van der Waals surface area contributed by atoms with Gasteiger partial charge in [0.15, 0.2) is 0 Å². The fourth-order valence-electron chi connectivity index (χ4n) is 1.71. The zero-order valence-corrected chi connectivity index (χ0v) is 10.7. The average molecular weight is 241 g/mol. The molecule has 3 N–H and O–H groups in total. The van der Waals surface area contributed by atoms with Gasteiger partial charge in [-0.3, -0.25) is 9.59 Å². The van der Waals surface area contributed by atoms with Gasteiger partial charge in [0, 0.05) is 6.42 Å². The minimum Gasteiger partial charge on any atom is -0.480 e. The molecule has 1 atom stereocenters. The van der Waals surface area contributed by atoms with Gasteiger partial charge in [-0.1, -0.05) is 25.0 Å². The molecule has 0 aliphatic carbocycles. The number of carbonyl (C=O) groups is 2. The number of hydrogen-bond acceptors (Lipinski definition) is 3. The first-order chi connectivity index (χ1) is 7.97.